The van der Waals surface area contributed by atoms with Crippen LogP contribution in [-0.2, 0) is 19.1 Å². The van der Waals surface area contributed by atoms with Crippen LogP contribution in [0.2, 0.25) is 0 Å². The molecule has 1 saturated carbocycles. The third-order valence-electron chi connectivity index (χ3n) is 5.39. The molecule has 0 amide bonds. The quantitative estimate of drug-likeness (QED) is 0.290. The van der Waals surface area contributed by atoms with Gasteiger partial charge in [-0.2, -0.15) is 0 Å². The highest BCUT2D eigenvalue weighted by Gasteiger charge is 2.49. The molecule has 0 saturated heterocycles. The standard InChI is InChI=1S/C22H32O4/c1-3-5-7-9-15-25-21(23)19-17-11-13-18(14-12-17)20(19)22(24)26-16-10-8-6-4-2/h3-4,11,13,17-20H,1-2,5-10,12,14-16H2. The Bertz CT molecular complexity index is 476. The molecule has 4 heteroatoms. The van der Waals surface area contributed by atoms with Gasteiger partial charge in [0, 0.05) is 0 Å². The fraction of sp³-hybridized carbons (Fsp3) is 0.636. The molecule has 0 aromatic carbocycles. The van der Waals surface area contributed by atoms with Crippen molar-refractivity contribution >= 4 is 11.9 Å². The van der Waals surface area contributed by atoms with Gasteiger partial charge in [0.2, 0.25) is 0 Å². The van der Waals surface area contributed by atoms with E-state index in [-0.39, 0.29) is 35.6 Å². The summed E-state index contributed by atoms with van der Waals surface area (Å²) in [4.78, 5) is 25.3. The Morgan fingerprint density at radius 1 is 0.808 bits per heavy atom. The van der Waals surface area contributed by atoms with Crippen molar-refractivity contribution in [2.45, 2.75) is 51.4 Å². The molecule has 3 aliphatic rings. The normalized spacial score (nSPS) is 26.3. The lowest BCUT2D eigenvalue weighted by atomic mass is 9.62. The number of carbonyl (C=O) groups is 2. The van der Waals surface area contributed by atoms with Gasteiger partial charge in [-0.1, -0.05) is 24.3 Å². The maximum atomic E-state index is 12.7. The number of hydrogen-bond acceptors (Lipinski definition) is 4. The molecule has 144 valence electrons. The summed E-state index contributed by atoms with van der Waals surface area (Å²) in [5.41, 5.74) is 0. The van der Waals surface area contributed by atoms with Gasteiger partial charge in [0.15, 0.2) is 0 Å². The van der Waals surface area contributed by atoms with E-state index < -0.39 is 0 Å². The Labute approximate surface area is 157 Å². The molecule has 0 aromatic rings. The molecule has 3 aliphatic carbocycles. The van der Waals surface area contributed by atoms with Gasteiger partial charge < -0.3 is 9.47 Å². The van der Waals surface area contributed by atoms with Crippen molar-refractivity contribution in [3.05, 3.63) is 37.5 Å². The number of ether oxygens (including phenoxy) is 2. The molecule has 3 rings (SSSR count). The van der Waals surface area contributed by atoms with E-state index in [1.54, 1.807) is 0 Å². The molecule has 4 nitrogen and oxygen atoms in total. The zero-order chi connectivity index (χ0) is 18.8. The summed E-state index contributed by atoms with van der Waals surface area (Å²) in [6.07, 6.45) is 15.2. The molecule has 0 heterocycles. The van der Waals surface area contributed by atoms with Gasteiger partial charge in [-0.15, -0.1) is 13.2 Å². The summed E-state index contributed by atoms with van der Waals surface area (Å²) in [7, 11) is 0. The van der Waals surface area contributed by atoms with Gasteiger partial charge in [0.05, 0.1) is 25.0 Å². The van der Waals surface area contributed by atoms with Gasteiger partial charge >= 0.3 is 11.9 Å². The van der Waals surface area contributed by atoms with Gasteiger partial charge in [0.25, 0.3) is 0 Å². The highest BCUT2D eigenvalue weighted by molar-refractivity contribution is 5.83. The van der Waals surface area contributed by atoms with Gasteiger partial charge in [0.1, 0.15) is 0 Å². The van der Waals surface area contributed by atoms with Crippen molar-refractivity contribution < 1.29 is 19.1 Å². The topological polar surface area (TPSA) is 52.6 Å². The summed E-state index contributed by atoms with van der Waals surface area (Å²) >= 11 is 0. The minimum Gasteiger partial charge on any atom is -0.465 e. The second-order valence-corrected chi connectivity index (χ2v) is 7.25. The summed E-state index contributed by atoms with van der Waals surface area (Å²) in [5, 5.41) is 0. The highest BCUT2D eigenvalue weighted by Crippen LogP contribution is 2.46. The third kappa shape index (κ3) is 5.58. The number of esters is 2. The van der Waals surface area contributed by atoms with E-state index in [4.69, 9.17) is 9.47 Å². The second kappa shape index (κ2) is 11.0. The number of fused-ring (bicyclic) bond motifs is 2. The molecule has 26 heavy (non-hydrogen) atoms. The summed E-state index contributed by atoms with van der Waals surface area (Å²) < 4.78 is 11.0. The summed E-state index contributed by atoms with van der Waals surface area (Å²) in [5.74, 6) is -1.07. The molecule has 4 unspecified atom stereocenters. The predicted molar refractivity (Wildman–Crippen MR) is 102 cm³/mol. The van der Waals surface area contributed by atoms with Crippen LogP contribution in [0.1, 0.15) is 51.4 Å². The molecule has 4 atom stereocenters. The van der Waals surface area contributed by atoms with E-state index in [9.17, 15) is 9.59 Å². The fourth-order valence-electron chi connectivity index (χ4n) is 3.96. The molecule has 0 N–H and O–H groups in total. The smallest absolute Gasteiger partial charge is 0.310 e. The molecule has 0 aromatic heterocycles. The molecular weight excluding hydrogens is 328 g/mol. The Balaban J connectivity index is 1.88. The van der Waals surface area contributed by atoms with E-state index in [0.717, 1.165) is 51.4 Å². The van der Waals surface area contributed by atoms with Crippen molar-refractivity contribution in [3.8, 4) is 0 Å². The number of allylic oxidation sites excluding steroid dienone is 4. The van der Waals surface area contributed by atoms with E-state index in [0.29, 0.717) is 13.2 Å². The van der Waals surface area contributed by atoms with Crippen molar-refractivity contribution in [2.24, 2.45) is 23.7 Å². The summed E-state index contributed by atoms with van der Waals surface area (Å²) in [6.45, 7) is 8.20. The van der Waals surface area contributed by atoms with Crippen LogP contribution in [0.5, 0.6) is 0 Å². The maximum Gasteiger partial charge on any atom is 0.310 e. The first-order chi connectivity index (χ1) is 12.7. The molecular formula is C22H32O4. The van der Waals surface area contributed by atoms with Crippen molar-refractivity contribution in [1.29, 1.82) is 0 Å². The molecule has 0 aliphatic heterocycles. The minimum atomic E-state index is -0.390. The van der Waals surface area contributed by atoms with E-state index >= 15 is 0 Å². The van der Waals surface area contributed by atoms with Crippen molar-refractivity contribution in [1.82, 2.24) is 0 Å². The van der Waals surface area contributed by atoms with Crippen LogP contribution < -0.4 is 0 Å². The highest BCUT2D eigenvalue weighted by atomic mass is 16.5. The number of hydrogen-bond donors (Lipinski definition) is 0. The van der Waals surface area contributed by atoms with Crippen molar-refractivity contribution in [2.75, 3.05) is 13.2 Å². The van der Waals surface area contributed by atoms with Crippen molar-refractivity contribution in [3.63, 3.8) is 0 Å². The Kier molecular flexibility index (Phi) is 8.66. The summed E-state index contributed by atoms with van der Waals surface area (Å²) in [6, 6.07) is 0. The second-order valence-electron chi connectivity index (χ2n) is 7.25. The van der Waals surface area contributed by atoms with Crippen LogP contribution in [0.4, 0.5) is 0 Å². The molecule has 2 bridgehead atoms. The minimum absolute atomic E-state index is 0.0963. The SMILES string of the molecule is C=CCCCCOC(=O)C1C2C=CC(CC2)C1C(=O)OCCCCC=C. The van der Waals surface area contributed by atoms with Crippen LogP contribution in [0, 0.1) is 23.7 Å². The predicted octanol–water partition coefficient (Wildman–Crippen LogP) is 4.61. The number of unbranched alkanes of at least 4 members (excludes halogenated alkanes) is 4. The van der Waals surface area contributed by atoms with E-state index in [1.807, 2.05) is 12.2 Å². The molecule has 0 spiro atoms. The lowest BCUT2D eigenvalue weighted by Crippen LogP contribution is -2.46. The van der Waals surface area contributed by atoms with E-state index in [1.165, 1.54) is 0 Å². The number of carbonyl (C=O) groups excluding carboxylic acids is 2. The van der Waals surface area contributed by atoms with Crippen LogP contribution >= 0.6 is 0 Å². The Morgan fingerprint density at radius 2 is 1.23 bits per heavy atom. The molecule has 1 fully saturated rings. The molecule has 0 radical (unpaired) electrons. The van der Waals surface area contributed by atoms with Crippen LogP contribution in [-0.4, -0.2) is 25.2 Å². The first kappa shape index (κ1) is 20.5. The van der Waals surface area contributed by atoms with E-state index in [2.05, 4.69) is 25.3 Å². The fourth-order valence-corrected chi connectivity index (χ4v) is 3.96. The lowest BCUT2D eigenvalue weighted by Gasteiger charge is -2.42. The Hall–Kier alpha value is -1.84. The third-order valence-corrected chi connectivity index (χ3v) is 5.39. The number of rotatable bonds is 12. The zero-order valence-corrected chi connectivity index (χ0v) is 15.7. The van der Waals surface area contributed by atoms with Crippen LogP contribution in [0.25, 0.3) is 0 Å². The first-order valence-corrected chi connectivity index (χ1v) is 9.92. The first-order valence-electron chi connectivity index (χ1n) is 9.92. The average molecular weight is 360 g/mol. The lowest BCUT2D eigenvalue weighted by molar-refractivity contribution is -0.167. The van der Waals surface area contributed by atoms with Gasteiger partial charge in [-0.25, -0.2) is 0 Å². The van der Waals surface area contributed by atoms with Gasteiger partial charge in [-0.3, -0.25) is 9.59 Å². The largest absolute Gasteiger partial charge is 0.465 e. The zero-order valence-electron chi connectivity index (χ0n) is 15.7. The average Bonchev–Trinajstić information content (AvgIpc) is 2.67. The maximum absolute atomic E-state index is 12.7. The van der Waals surface area contributed by atoms with Crippen LogP contribution in [0.15, 0.2) is 37.5 Å². The van der Waals surface area contributed by atoms with Gasteiger partial charge in [-0.05, 0) is 63.2 Å². The van der Waals surface area contributed by atoms with Crippen LogP contribution in [0.3, 0.4) is 0 Å². The monoisotopic (exact) mass is 360 g/mol. The Morgan fingerprint density at radius 3 is 1.58 bits per heavy atom.